The van der Waals surface area contributed by atoms with E-state index in [-0.39, 0.29) is 6.09 Å². The van der Waals surface area contributed by atoms with Gasteiger partial charge in [0, 0.05) is 13.1 Å². The summed E-state index contributed by atoms with van der Waals surface area (Å²) < 4.78 is 5.28. The molecule has 0 aromatic rings. The fourth-order valence-corrected chi connectivity index (χ4v) is 1.10. The first-order valence-electron chi connectivity index (χ1n) is 5.24. The van der Waals surface area contributed by atoms with Crippen LogP contribution in [0.4, 0.5) is 4.79 Å². The van der Waals surface area contributed by atoms with Crippen LogP contribution in [0.25, 0.3) is 0 Å². The highest BCUT2D eigenvalue weighted by atomic mass is 16.6. The Labute approximate surface area is 87.4 Å². The molecule has 0 atom stereocenters. The molecule has 0 heterocycles. The summed E-state index contributed by atoms with van der Waals surface area (Å²) in [6, 6.07) is 0. The molecule has 0 saturated heterocycles. The van der Waals surface area contributed by atoms with Crippen LogP contribution in [0, 0.1) is 5.92 Å². The Morgan fingerprint density at radius 3 is 2.14 bits per heavy atom. The highest BCUT2D eigenvalue weighted by Crippen LogP contribution is 2.10. The molecule has 0 aliphatic heterocycles. The number of rotatable bonds is 3. The predicted octanol–water partition coefficient (Wildman–Crippen LogP) is 2.90. The van der Waals surface area contributed by atoms with Gasteiger partial charge >= 0.3 is 6.09 Å². The van der Waals surface area contributed by atoms with E-state index in [0.29, 0.717) is 12.5 Å². The molecule has 0 aromatic carbocycles. The second-order valence-electron chi connectivity index (χ2n) is 4.91. The van der Waals surface area contributed by atoms with E-state index in [2.05, 4.69) is 13.8 Å². The van der Waals surface area contributed by atoms with Crippen molar-refractivity contribution >= 4 is 6.09 Å². The molecule has 0 bridgehead atoms. The summed E-state index contributed by atoms with van der Waals surface area (Å²) in [5, 5.41) is 0. The van der Waals surface area contributed by atoms with Gasteiger partial charge in [-0.2, -0.15) is 0 Å². The van der Waals surface area contributed by atoms with Crippen molar-refractivity contribution in [2.45, 2.75) is 47.1 Å². The molecule has 0 unspecified atom stereocenters. The molecule has 0 aliphatic carbocycles. The van der Waals surface area contributed by atoms with Crippen LogP contribution in [0.2, 0.25) is 0 Å². The molecule has 3 heteroatoms. The van der Waals surface area contributed by atoms with Gasteiger partial charge in [0.15, 0.2) is 0 Å². The molecule has 0 spiro atoms. The van der Waals surface area contributed by atoms with Gasteiger partial charge in [-0.15, -0.1) is 0 Å². The molecule has 0 fully saturated rings. The highest BCUT2D eigenvalue weighted by molar-refractivity contribution is 5.68. The maximum atomic E-state index is 11.6. The van der Waals surface area contributed by atoms with Crippen LogP contribution in [-0.4, -0.2) is 29.7 Å². The molecule has 0 radical (unpaired) electrons. The first kappa shape index (κ1) is 13.3. The maximum Gasteiger partial charge on any atom is 0.410 e. The van der Waals surface area contributed by atoms with Crippen LogP contribution >= 0.6 is 0 Å². The third-order valence-corrected chi connectivity index (χ3v) is 1.62. The fraction of sp³-hybridized carbons (Fsp3) is 0.909. The van der Waals surface area contributed by atoms with Crippen molar-refractivity contribution in [1.82, 2.24) is 4.90 Å². The summed E-state index contributed by atoms with van der Waals surface area (Å²) in [6.45, 7) is 13.3. The second kappa shape index (κ2) is 5.23. The van der Waals surface area contributed by atoms with Crippen molar-refractivity contribution in [3.8, 4) is 0 Å². The Morgan fingerprint density at radius 2 is 1.86 bits per heavy atom. The predicted molar refractivity (Wildman–Crippen MR) is 58.3 cm³/mol. The smallest absolute Gasteiger partial charge is 0.410 e. The van der Waals surface area contributed by atoms with Crippen LogP contribution in [0.15, 0.2) is 0 Å². The minimum atomic E-state index is -0.401. The van der Waals surface area contributed by atoms with E-state index >= 15 is 0 Å². The van der Waals surface area contributed by atoms with E-state index in [0.717, 1.165) is 6.54 Å². The van der Waals surface area contributed by atoms with Gasteiger partial charge < -0.3 is 9.64 Å². The molecule has 0 rings (SSSR count). The zero-order chi connectivity index (χ0) is 11.4. The number of amides is 1. The lowest BCUT2D eigenvalue weighted by molar-refractivity contribution is 0.0239. The Kier molecular flexibility index (Phi) is 4.95. The van der Waals surface area contributed by atoms with Crippen molar-refractivity contribution in [1.29, 1.82) is 0 Å². The number of hydrogen-bond acceptors (Lipinski definition) is 2. The van der Waals surface area contributed by atoms with Gasteiger partial charge in [0.05, 0.1) is 0 Å². The van der Waals surface area contributed by atoms with Gasteiger partial charge in [0.1, 0.15) is 5.60 Å². The summed E-state index contributed by atoms with van der Waals surface area (Å²) in [4.78, 5) is 13.4. The van der Waals surface area contributed by atoms with E-state index in [4.69, 9.17) is 4.74 Å². The third-order valence-electron chi connectivity index (χ3n) is 1.62. The van der Waals surface area contributed by atoms with Crippen molar-refractivity contribution in [3.05, 3.63) is 0 Å². The lowest BCUT2D eigenvalue weighted by Gasteiger charge is -2.27. The van der Waals surface area contributed by atoms with E-state index in [1.807, 2.05) is 27.7 Å². The molecule has 0 N–H and O–H groups in total. The summed E-state index contributed by atoms with van der Waals surface area (Å²) in [7, 11) is 0. The fourth-order valence-electron chi connectivity index (χ4n) is 1.10. The van der Waals surface area contributed by atoms with Crippen molar-refractivity contribution in [3.63, 3.8) is 0 Å². The largest absolute Gasteiger partial charge is 0.444 e. The Balaban J connectivity index is 4.18. The molecule has 0 aromatic heterocycles. The summed E-state index contributed by atoms with van der Waals surface area (Å²) in [5.74, 6) is 0.475. The molecular weight excluding hydrogens is 178 g/mol. The number of carbonyl (C=O) groups excluding carboxylic acids is 1. The molecule has 3 nitrogen and oxygen atoms in total. The summed E-state index contributed by atoms with van der Waals surface area (Å²) in [6.07, 6.45) is -0.214. The number of nitrogens with zero attached hydrogens (tertiary/aromatic N) is 1. The van der Waals surface area contributed by atoms with Gasteiger partial charge in [-0.05, 0) is 33.6 Å². The molecule has 14 heavy (non-hydrogen) atoms. The quantitative estimate of drug-likeness (QED) is 0.702. The second-order valence-corrected chi connectivity index (χ2v) is 4.91. The van der Waals surface area contributed by atoms with Crippen LogP contribution in [0.5, 0.6) is 0 Å². The van der Waals surface area contributed by atoms with E-state index in [1.165, 1.54) is 0 Å². The van der Waals surface area contributed by atoms with Gasteiger partial charge in [-0.25, -0.2) is 4.79 Å². The Hall–Kier alpha value is -0.730. The normalized spacial score (nSPS) is 11.6. The van der Waals surface area contributed by atoms with Crippen molar-refractivity contribution in [2.24, 2.45) is 5.92 Å². The standard InChI is InChI=1S/C11H23NO2/c1-7-12(8-9(2)3)10(13)14-11(4,5)6/h9H,7-8H2,1-6H3. The topological polar surface area (TPSA) is 29.5 Å². The summed E-state index contributed by atoms with van der Waals surface area (Å²) in [5.41, 5.74) is -0.401. The maximum absolute atomic E-state index is 11.6. The van der Waals surface area contributed by atoms with Gasteiger partial charge in [0.2, 0.25) is 0 Å². The zero-order valence-corrected chi connectivity index (χ0v) is 10.3. The first-order valence-corrected chi connectivity index (χ1v) is 5.24. The molecule has 84 valence electrons. The van der Waals surface area contributed by atoms with E-state index < -0.39 is 5.60 Å². The average molecular weight is 201 g/mol. The average Bonchev–Trinajstić information content (AvgIpc) is 1.96. The van der Waals surface area contributed by atoms with Gasteiger partial charge in [-0.1, -0.05) is 13.8 Å². The zero-order valence-electron chi connectivity index (χ0n) is 10.3. The molecule has 1 amide bonds. The van der Waals surface area contributed by atoms with Crippen LogP contribution in [-0.2, 0) is 4.74 Å². The van der Waals surface area contributed by atoms with Crippen molar-refractivity contribution in [2.75, 3.05) is 13.1 Å². The van der Waals surface area contributed by atoms with Crippen molar-refractivity contribution < 1.29 is 9.53 Å². The minimum Gasteiger partial charge on any atom is -0.444 e. The van der Waals surface area contributed by atoms with Crippen LogP contribution in [0.1, 0.15) is 41.5 Å². The highest BCUT2D eigenvalue weighted by Gasteiger charge is 2.21. The van der Waals surface area contributed by atoms with Gasteiger partial charge in [0.25, 0.3) is 0 Å². The lowest BCUT2D eigenvalue weighted by atomic mass is 10.2. The number of ether oxygens (including phenoxy) is 1. The molecule has 0 aliphatic rings. The first-order chi connectivity index (χ1) is 6.26. The monoisotopic (exact) mass is 201 g/mol. The van der Waals surface area contributed by atoms with Crippen LogP contribution < -0.4 is 0 Å². The molecular formula is C11H23NO2. The van der Waals surface area contributed by atoms with E-state index in [1.54, 1.807) is 4.90 Å². The molecule has 0 saturated carbocycles. The van der Waals surface area contributed by atoms with Crippen LogP contribution in [0.3, 0.4) is 0 Å². The summed E-state index contributed by atoms with van der Waals surface area (Å²) >= 11 is 0. The SMILES string of the molecule is CCN(CC(C)C)C(=O)OC(C)(C)C. The third kappa shape index (κ3) is 5.84. The van der Waals surface area contributed by atoms with E-state index in [9.17, 15) is 4.79 Å². The van der Waals surface area contributed by atoms with Gasteiger partial charge in [-0.3, -0.25) is 0 Å². The Bertz CT molecular complexity index is 182. The number of hydrogen-bond donors (Lipinski definition) is 0. The Morgan fingerprint density at radius 1 is 1.36 bits per heavy atom. The minimum absolute atomic E-state index is 0.214. The number of carbonyl (C=O) groups is 1. The lowest BCUT2D eigenvalue weighted by Crippen LogP contribution is -2.38.